The van der Waals surface area contributed by atoms with Crippen LogP contribution in [0.5, 0.6) is 0 Å². The van der Waals surface area contributed by atoms with Gasteiger partial charge in [0.25, 0.3) is 0 Å². The number of likely N-dealkylation sites (tertiary alicyclic amines) is 1. The molecule has 1 saturated heterocycles. The van der Waals surface area contributed by atoms with Gasteiger partial charge < -0.3 is 10.2 Å². The average molecular weight is 381 g/mol. The Morgan fingerprint density at radius 2 is 1.64 bits per heavy atom. The van der Waals surface area contributed by atoms with Gasteiger partial charge in [0.1, 0.15) is 0 Å². The molecule has 0 amide bonds. The molecule has 0 radical (unpaired) electrons. The quantitative estimate of drug-likeness (QED) is 0.830. The van der Waals surface area contributed by atoms with Gasteiger partial charge in [-0.05, 0) is 64.6 Å². The topological polar surface area (TPSA) is 66.8 Å². The lowest BCUT2D eigenvalue weighted by Gasteiger charge is -2.35. The molecule has 2 aromatic rings. The van der Waals surface area contributed by atoms with Gasteiger partial charge in [-0.2, -0.15) is 0 Å². The lowest BCUT2D eigenvalue weighted by Crippen LogP contribution is -2.37. The summed E-state index contributed by atoms with van der Waals surface area (Å²) in [6.45, 7) is 7.61. The first-order valence-corrected chi connectivity index (χ1v) is 10.8. The van der Waals surface area contributed by atoms with Crippen LogP contribution in [0.4, 0.5) is 11.8 Å². The maximum atomic E-state index is 4.82. The molecular formula is C22H32N6. The summed E-state index contributed by atoms with van der Waals surface area (Å²) in [5.74, 6) is 2.74. The van der Waals surface area contributed by atoms with Crippen molar-refractivity contribution in [2.24, 2.45) is 5.92 Å². The summed E-state index contributed by atoms with van der Waals surface area (Å²) in [5.41, 5.74) is 2.99. The Bertz CT molecular complexity index is 758. The fourth-order valence-electron chi connectivity index (χ4n) is 4.68. The number of anilines is 2. The number of rotatable bonds is 5. The molecule has 28 heavy (non-hydrogen) atoms. The normalized spacial score (nSPS) is 19.6. The zero-order valence-electron chi connectivity index (χ0n) is 17.2. The molecule has 1 saturated carbocycles. The molecule has 3 heterocycles. The van der Waals surface area contributed by atoms with E-state index >= 15 is 0 Å². The van der Waals surface area contributed by atoms with Crippen molar-refractivity contribution in [2.75, 3.05) is 25.0 Å². The SMILES string of the molecule is Cc1cc(C)nc(Nc2cncc(C3CCN(CC4CCCCC4)CC3)n2)n1. The Hall–Kier alpha value is -2.08. The Kier molecular flexibility index (Phi) is 6.15. The number of nitrogens with zero attached hydrogens (tertiary/aromatic N) is 5. The van der Waals surface area contributed by atoms with E-state index in [4.69, 9.17) is 4.98 Å². The Balaban J connectivity index is 1.34. The summed E-state index contributed by atoms with van der Waals surface area (Å²) in [7, 11) is 0. The van der Waals surface area contributed by atoms with Crippen molar-refractivity contribution in [2.45, 2.75) is 64.7 Å². The number of nitrogens with one attached hydrogen (secondary N) is 1. The lowest BCUT2D eigenvalue weighted by atomic mass is 9.87. The number of aryl methyl sites for hydroxylation is 2. The van der Waals surface area contributed by atoms with Crippen molar-refractivity contribution in [3.05, 3.63) is 35.5 Å². The van der Waals surface area contributed by atoms with Gasteiger partial charge in [-0.1, -0.05) is 19.3 Å². The van der Waals surface area contributed by atoms with Gasteiger partial charge in [0.2, 0.25) is 5.95 Å². The van der Waals surface area contributed by atoms with E-state index in [2.05, 4.69) is 25.2 Å². The predicted octanol–water partition coefficient (Wildman–Crippen LogP) is 4.39. The summed E-state index contributed by atoms with van der Waals surface area (Å²) in [6.07, 6.45) is 13.2. The molecule has 0 spiro atoms. The maximum absolute atomic E-state index is 4.82. The number of piperidine rings is 1. The molecule has 0 unspecified atom stereocenters. The maximum Gasteiger partial charge on any atom is 0.228 e. The molecule has 1 N–H and O–H groups in total. The molecule has 6 nitrogen and oxygen atoms in total. The Morgan fingerprint density at radius 1 is 0.929 bits per heavy atom. The van der Waals surface area contributed by atoms with Crippen LogP contribution in [-0.4, -0.2) is 44.5 Å². The van der Waals surface area contributed by atoms with Crippen molar-refractivity contribution >= 4 is 11.8 Å². The van der Waals surface area contributed by atoms with Crippen molar-refractivity contribution < 1.29 is 0 Å². The summed E-state index contributed by atoms with van der Waals surface area (Å²) in [5, 5.41) is 3.22. The molecule has 150 valence electrons. The van der Waals surface area contributed by atoms with Crippen molar-refractivity contribution in [1.29, 1.82) is 0 Å². The molecule has 1 aliphatic heterocycles. The first kappa shape index (κ1) is 19.2. The second-order valence-corrected chi connectivity index (χ2v) is 8.51. The molecular weight excluding hydrogens is 348 g/mol. The highest BCUT2D eigenvalue weighted by molar-refractivity contribution is 5.46. The number of aromatic nitrogens is 4. The monoisotopic (exact) mass is 380 g/mol. The van der Waals surface area contributed by atoms with Crippen LogP contribution >= 0.6 is 0 Å². The van der Waals surface area contributed by atoms with Gasteiger partial charge >= 0.3 is 0 Å². The summed E-state index contributed by atoms with van der Waals surface area (Å²) >= 11 is 0. The first-order valence-electron chi connectivity index (χ1n) is 10.8. The third-order valence-corrected chi connectivity index (χ3v) is 6.12. The van der Waals surface area contributed by atoms with Gasteiger partial charge in [0.05, 0.1) is 11.9 Å². The molecule has 2 aliphatic rings. The summed E-state index contributed by atoms with van der Waals surface area (Å²) < 4.78 is 0. The largest absolute Gasteiger partial charge is 0.307 e. The van der Waals surface area contributed by atoms with Crippen LogP contribution in [0.25, 0.3) is 0 Å². The zero-order chi connectivity index (χ0) is 19.3. The fourth-order valence-corrected chi connectivity index (χ4v) is 4.68. The van der Waals surface area contributed by atoms with Crippen LogP contribution in [0.2, 0.25) is 0 Å². The standard InChI is InChI=1S/C22H32N6/c1-16-12-17(2)25-22(24-16)27-21-14-23-13-20(26-21)19-8-10-28(11-9-19)15-18-6-4-3-5-7-18/h12-14,18-19H,3-11,15H2,1-2H3,(H,24,25,26,27). The van der Waals surface area contributed by atoms with Crippen LogP contribution in [0.3, 0.4) is 0 Å². The molecule has 0 bridgehead atoms. The minimum absolute atomic E-state index is 0.497. The Morgan fingerprint density at radius 3 is 2.36 bits per heavy atom. The minimum Gasteiger partial charge on any atom is -0.307 e. The van der Waals surface area contributed by atoms with Crippen LogP contribution < -0.4 is 5.32 Å². The van der Waals surface area contributed by atoms with E-state index in [-0.39, 0.29) is 0 Å². The first-order chi connectivity index (χ1) is 13.7. The predicted molar refractivity (Wildman–Crippen MR) is 112 cm³/mol. The highest BCUT2D eigenvalue weighted by Crippen LogP contribution is 2.30. The second-order valence-electron chi connectivity index (χ2n) is 8.51. The van der Waals surface area contributed by atoms with Gasteiger partial charge in [-0.15, -0.1) is 0 Å². The highest BCUT2D eigenvalue weighted by atomic mass is 15.2. The molecule has 0 atom stereocenters. The van der Waals surface area contributed by atoms with Crippen LogP contribution in [0.1, 0.15) is 67.9 Å². The van der Waals surface area contributed by atoms with E-state index in [1.807, 2.05) is 26.1 Å². The molecule has 4 rings (SSSR count). The minimum atomic E-state index is 0.497. The average Bonchev–Trinajstić information content (AvgIpc) is 2.69. The van der Waals surface area contributed by atoms with Gasteiger partial charge in [-0.3, -0.25) is 4.98 Å². The van der Waals surface area contributed by atoms with E-state index in [1.54, 1.807) is 6.20 Å². The lowest BCUT2D eigenvalue weighted by molar-refractivity contribution is 0.163. The molecule has 2 fully saturated rings. The summed E-state index contributed by atoms with van der Waals surface area (Å²) in [4.78, 5) is 20.8. The van der Waals surface area contributed by atoms with Crippen molar-refractivity contribution in [1.82, 2.24) is 24.8 Å². The third-order valence-electron chi connectivity index (χ3n) is 6.12. The van der Waals surface area contributed by atoms with Gasteiger partial charge in [0.15, 0.2) is 5.82 Å². The van der Waals surface area contributed by atoms with Crippen LogP contribution in [-0.2, 0) is 0 Å². The van der Waals surface area contributed by atoms with Gasteiger partial charge in [-0.25, -0.2) is 15.0 Å². The summed E-state index contributed by atoms with van der Waals surface area (Å²) in [6, 6.07) is 1.97. The van der Waals surface area contributed by atoms with E-state index in [0.717, 1.165) is 28.8 Å². The van der Waals surface area contributed by atoms with E-state index in [1.165, 1.54) is 64.6 Å². The van der Waals surface area contributed by atoms with Crippen molar-refractivity contribution in [3.8, 4) is 0 Å². The fraction of sp³-hybridized carbons (Fsp3) is 0.636. The number of hydrogen-bond donors (Lipinski definition) is 1. The molecule has 0 aromatic carbocycles. The van der Waals surface area contributed by atoms with E-state index in [0.29, 0.717) is 11.9 Å². The van der Waals surface area contributed by atoms with Crippen LogP contribution in [0, 0.1) is 19.8 Å². The highest BCUT2D eigenvalue weighted by Gasteiger charge is 2.24. The molecule has 1 aliphatic carbocycles. The zero-order valence-corrected chi connectivity index (χ0v) is 17.2. The van der Waals surface area contributed by atoms with Crippen LogP contribution in [0.15, 0.2) is 18.5 Å². The molecule has 6 heteroatoms. The van der Waals surface area contributed by atoms with E-state index in [9.17, 15) is 0 Å². The third kappa shape index (κ3) is 5.04. The smallest absolute Gasteiger partial charge is 0.228 e. The molecule has 2 aromatic heterocycles. The number of hydrogen-bond acceptors (Lipinski definition) is 6. The second kappa shape index (κ2) is 8.95. The Labute approximate surface area is 168 Å². The van der Waals surface area contributed by atoms with Gasteiger partial charge in [0, 0.05) is 30.0 Å². The van der Waals surface area contributed by atoms with Crippen molar-refractivity contribution in [3.63, 3.8) is 0 Å². The van der Waals surface area contributed by atoms with E-state index < -0.39 is 0 Å².